The maximum atomic E-state index is 11.6. The Morgan fingerprint density at radius 2 is 2.35 bits per heavy atom. The fourth-order valence-electron chi connectivity index (χ4n) is 1.17. The van der Waals surface area contributed by atoms with E-state index >= 15 is 0 Å². The highest BCUT2D eigenvalue weighted by Gasteiger charge is 2.14. The monoisotopic (exact) mass is 241 g/mol. The fourth-order valence-corrected chi connectivity index (χ4v) is 1.17. The number of aliphatic hydroxyl groups excluding tert-OH is 1. The largest absolute Gasteiger partial charge is 0.391 e. The van der Waals surface area contributed by atoms with Crippen LogP contribution in [0.3, 0.4) is 0 Å². The predicted molar refractivity (Wildman–Crippen MR) is 62.3 cm³/mol. The summed E-state index contributed by atoms with van der Waals surface area (Å²) in [4.78, 5) is 11.6. The first-order chi connectivity index (χ1) is 8.04. The lowest BCUT2D eigenvalue weighted by molar-refractivity contribution is 0.0867. The van der Waals surface area contributed by atoms with E-state index in [0.717, 1.165) is 0 Å². The summed E-state index contributed by atoms with van der Waals surface area (Å²) in [5.74, 6) is -0.240. The van der Waals surface area contributed by atoms with Crippen LogP contribution in [0.1, 0.15) is 24.3 Å². The predicted octanol–water partition coefficient (Wildman–Crippen LogP) is -1.02. The third kappa shape index (κ3) is 4.12. The molecule has 1 aromatic rings. The zero-order valence-electron chi connectivity index (χ0n) is 10.1. The second-order valence-corrected chi connectivity index (χ2v) is 4.18. The number of carbonyl (C=O) groups excluding carboxylic acids is 1. The van der Waals surface area contributed by atoms with E-state index in [2.05, 4.69) is 15.6 Å². The van der Waals surface area contributed by atoms with E-state index in [1.165, 1.54) is 10.9 Å². The quantitative estimate of drug-likeness (QED) is 0.591. The summed E-state index contributed by atoms with van der Waals surface area (Å²) < 4.78 is 1.51. The van der Waals surface area contributed by atoms with Crippen molar-refractivity contribution in [3.63, 3.8) is 0 Å². The third-order valence-corrected chi connectivity index (χ3v) is 2.37. The molecule has 7 heteroatoms. The van der Waals surface area contributed by atoms with Crippen LogP contribution in [-0.2, 0) is 6.54 Å². The van der Waals surface area contributed by atoms with Gasteiger partial charge in [-0.25, -0.2) is 0 Å². The van der Waals surface area contributed by atoms with E-state index in [1.54, 1.807) is 0 Å². The van der Waals surface area contributed by atoms with Gasteiger partial charge in [0.2, 0.25) is 0 Å². The summed E-state index contributed by atoms with van der Waals surface area (Å²) in [5, 5.41) is 19.6. The average molecular weight is 241 g/mol. The Labute approximate surface area is 100.0 Å². The van der Waals surface area contributed by atoms with Gasteiger partial charge in [-0.15, -0.1) is 5.10 Å². The summed E-state index contributed by atoms with van der Waals surface area (Å²) in [5.41, 5.74) is 5.59. The van der Waals surface area contributed by atoms with Crippen molar-refractivity contribution in [1.29, 1.82) is 0 Å². The average Bonchev–Trinajstić information content (AvgIpc) is 2.74. The van der Waals surface area contributed by atoms with Gasteiger partial charge in [0.1, 0.15) is 0 Å². The van der Waals surface area contributed by atoms with Crippen molar-refractivity contribution in [3.8, 4) is 0 Å². The smallest absolute Gasteiger partial charge is 0.273 e. The van der Waals surface area contributed by atoms with E-state index in [1.807, 2.05) is 13.8 Å². The molecule has 0 aliphatic heterocycles. The molecule has 1 atom stereocenters. The molecule has 0 fully saturated rings. The lowest BCUT2D eigenvalue weighted by Gasteiger charge is -2.14. The van der Waals surface area contributed by atoms with Gasteiger partial charge < -0.3 is 16.2 Å². The number of amides is 1. The molecule has 0 spiro atoms. The molecule has 0 radical (unpaired) electrons. The molecule has 96 valence electrons. The molecule has 1 amide bonds. The van der Waals surface area contributed by atoms with Gasteiger partial charge in [0.25, 0.3) is 5.91 Å². The normalized spacial score (nSPS) is 12.8. The Morgan fingerprint density at radius 3 is 2.94 bits per heavy atom. The molecule has 0 bridgehead atoms. The van der Waals surface area contributed by atoms with Crippen LogP contribution >= 0.6 is 0 Å². The lowest BCUT2D eigenvalue weighted by Crippen LogP contribution is -2.34. The fraction of sp³-hybridized carbons (Fsp3) is 0.700. The van der Waals surface area contributed by atoms with E-state index in [9.17, 15) is 9.90 Å². The minimum Gasteiger partial charge on any atom is -0.391 e. The Morgan fingerprint density at radius 1 is 1.65 bits per heavy atom. The van der Waals surface area contributed by atoms with Gasteiger partial charge in [-0.3, -0.25) is 9.48 Å². The summed E-state index contributed by atoms with van der Waals surface area (Å²) in [6.07, 6.45) is 0.974. The van der Waals surface area contributed by atoms with Crippen molar-refractivity contribution in [3.05, 3.63) is 11.9 Å². The molecule has 0 aliphatic carbocycles. The number of rotatable bonds is 6. The third-order valence-electron chi connectivity index (χ3n) is 2.37. The number of nitrogens with zero attached hydrogens (tertiary/aromatic N) is 3. The number of hydrogen-bond donors (Lipinski definition) is 3. The van der Waals surface area contributed by atoms with E-state index < -0.39 is 6.10 Å². The van der Waals surface area contributed by atoms with Crippen LogP contribution in [0.2, 0.25) is 0 Å². The number of aliphatic hydroxyl groups is 1. The Kier molecular flexibility index (Phi) is 5.05. The van der Waals surface area contributed by atoms with Crippen molar-refractivity contribution < 1.29 is 9.90 Å². The van der Waals surface area contributed by atoms with E-state index in [4.69, 9.17) is 5.73 Å². The second-order valence-electron chi connectivity index (χ2n) is 4.18. The van der Waals surface area contributed by atoms with Crippen molar-refractivity contribution in [2.75, 3.05) is 13.1 Å². The molecular formula is C10H19N5O2. The standard InChI is InChI=1S/C10H19N5O2/c1-7(2)9(16)5-12-10(17)8-6-15(4-3-11)14-13-8/h6-7,9,16H,3-5,11H2,1-2H3,(H,12,17). The van der Waals surface area contributed by atoms with Crippen LogP contribution in [0.15, 0.2) is 6.20 Å². The van der Waals surface area contributed by atoms with Crippen LogP contribution in [0, 0.1) is 5.92 Å². The first kappa shape index (κ1) is 13.6. The molecule has 1 rings (SSSR count). The van der Waals surface area contributed by atoms with Crippen LogP contribution in [0.25, 0.3) is 0 Å². The van der Waals surface area contributed by atoms with Gasteiger partial charge in [0, 0.05) is 13.1 Å². The summed E-state index contributed by atoms with van der Waals surface area (Å²) >= 11 is 0. The van der Waals surface area contributed by atoms with Gasteiger partial charge in [0.05, 0.1) is 18.8 Å². The molecule has 0 aromatic carbocycles. The van der Waals surface area contributed by atoms with Crippen LogP contribution < -0.4 is 11.1 Å². The van der Waals surface area contributed by atoms with E-state index in [0.29, 0.717) is 13.1 Å². The van der Waals surface area contributed by atoms with Crippen molar-refractivity contribution in [2.24, 2.45) is 11.7 Å². The molecule has 0 saturated heterocycles. The number of nitrogens with one attached hydrogen (secondary N) is 1. The van der Waals surface area contributed by atoms with Gasteiger partial charge in [0.15, 0.2) is 5.69 Å². The minimum atomic E-state index is -0.557. The number of aromatic nitrogens is 3. The molecule has 7 nitrogen and oxygen atoms in total. The molecule has 1 aromatic heterocycles. The molecule has 4 N–H and O–H groups in total. The van der Waals surface area contributed by atoms with Gasteiger partial charge in [-0.1, -0.05) is 19.1 Å². The van der Waals surface area contributed by atoms with Crippen LogP contribution in [-0.4, -0.2) is 45.2 Å². The lowest BCUT2D eigenvalue weighted by atomic mass is 10.1. The molecule has 1 unspecified atom stereocenters. The summed E-state index contributed by atoms with van der Waals surface area (Å²) in [7, 11) is 0. The van der Waals surface area contributed by atoms with Crippen molar-refractivity contribution in [1.82, 2.24) is 20.3 Å². The van der Waals surface area contributed by atoms with Crippen molar-refractivity contribution >= 4 is 5.91 Å². The van der Waals surface area contributed by atoms with Gasteiger partial charge in [-0.05, 0) is 5.92 Å². The van der Waals surface area contributed by atoms with Gasteiger partial charge >= 0.3 is 0 Å². The number of hydrogen-bond acceptors (Lipinski definition) is 5. The molecule has 0 saturated carbocycles. The minimum absolute atomic E-state index is 0.100. The number of nitrogens with two attached hydrogens (primary N) is 1. The maximum Gasteiger partial charge on any atom is 0.273 e. The number of carbonyl (C=O) groups is 1. The Bertz CT molecular complexity index is 363. The highest BCUT2D eigenvalue weighted by atomic mass is 16.3. The highest BCUT2D eigenvalue weighted by molar-refractivity contribution is 5.91. The molecule has 17 heavy (non-hydrogen) atoms. The zero-order chi connectivity index (χ0) is 12.8. The molecule has 1 heterocycles. The Balaban J connectivity index is 2.46. The first-order valence-electron chi connectivity index (χ1n) is 5.61. The van der Waals surface area contributed by atoms with Gasteiger partial charge in [-0.2, -0.15) is 0 Å². The second kappa shape index (κ2) is 6.31. The van der Waals surface area contributed by atoms with Crippen LogP contribution in [0.5, 0.6) is 0 Å². The zero-order valence-corrected chi connectivity index (χ0v) is 10.1. The summed E-state index contributed by atoms with van der Waals surface area (Å²) in [6.45, 7) is 4.94. The topological polar surface area (TPSA) is 106 Å². The van der Waals surface area contributed by atoms with Crippen LogP contribution in [0.4, 0.5) is 0 Å². The SMILES string of the molecule is CC(C)C(O)CNC(=O)c1cn(CCN)nn1. The highest BCUT2D eigenvalue weighted by Crippen LogP contribution is 1.99. The first-order valence-corrected chi connectivity index (χ1v) is 5.61. The molecular weight excluding hydrogens is 222 g/mol. The molecule has 0 aliphatic rings. The Hall–Kier alpha value is -1.47. The van der Waals surface area contributed by atoms with Crippen molar-refractivity contribution in [2.45, 2.75) is 26.5 Å². The maximum absolute atomic E-state index is 11.6. The van der Waals surface area contributed by atoms with E-state index in [-0.39, 0.29) is 24.1 Å². The summed E-state index contributed by atoms with van der Waals surface area (Å²) in [6, 6.07) is 0.